The van der Waals surface area contributed by atoms with Crippen LogP contribution in [0.3, 0.4) is 0 Å². The highest BCUT2D eigenvalue weighted by Gasteiger charge is 2.20. The first-order chi connectivity index (χ1) is 11.6. The zero-order valence-corrected chi connectivity index (χ0v) is 16.6. The Hall–Kier alpha value is -1.17. The first-order valence-electron chi connectivity index (χ1n) is 7.93. The summed E-state index contributed by atoms with van der Waals surface area (Å²) in [6.45, 7) is 5.00. The summed E-state index contributed by atoms with van der Waals surface area (Å²) in [5.74, 6) is 0.955. The van der Waals surface area contributed by atoms with Crippen LogP contribution in [-0.2, 0) is 17.0 Å². The van der Waals surface area contributed by atoms with Gasteiger partial charge in [0, 0.05) is 26.9 Å². The summed E-state index contributed by atoms with van der Waals surface area (Å²) in [5.41, 5.74) is 4.03. The van der Waals surface area contributed by atoms with Gasteiger partial charge in [0.15, 0.2) is 0 Å². The standard InChI is InChI=1S/C19H21NOS3/c1-12-13(2)24-17-10-18(23-11-16(12)17)19(21)20-9-8-14-4-6-15(22-3)7-5-14/h4-7,10H,8-9,11H2,1-3H3,(H,20,21). The van der Waals surface area contributed by atoms with E-state index in [0.717, 1.165) is 17.1 Å². The summed E-state index contributed by atoms with van der Waals surface area (Å²) in [6.07, 6.45) is 4.99. The number of carbonyl (C=O) groups excluding carboxylic acids is 1. The highest BCUT2D eigenvalue weighted by atomic mass is 32.2. The summed E-state index contributed by atoms with van der Waals surface area (Å²) in [4.78, 5) is 17.1. The molecule has 0 saturated heterocycles. The summed E-state index contributed by atoms with van der Waals surface area (Å²) in [6, 6.07) is 8.53. The first-order valence-corrected chi connectivity index (χ1v) is 11.0. The number of carbonyl (C=O) groups is 1. The Morgan fingerprint density at radius 2 is 2.00 bits per heavy atom. The predicted molar refractivity (Wildman–Crippen MR) is 108 cm³/mol. The Kier molecular flexibility index (Phi) is 5.74. The SMILES string of the molecule is CSc1ccc(CCNC(=O)C2=Cc3sc(C)c(C)c3CS2)cc1. The lowest BCUT2D eigenvalue weighted by atomic mass is 10.1. The van der Waals surface area contributed by atoms with E-state index >= 15 is 0 Å². The van der Waals surface area contributed by atoms with Crippen molar-refractivity contribution in [1.29, 1.82) is 0 Å². The number of fused-ring (bicyclic) bond motifs is 1. The van der Waals surface area contributed by atoms with E-state index in [1.165, 1.54) is 31.3 Å². The summed E-state index contributed by atoms with van der Waals surface area (Å²) >= 11 is 5.18. The topological polar surface area (TPSA) is 29.1 Å². The highest BCUT2D eigenvalue weighted by Crippen LogP contribution is 2.39. The van der Waals surface area contributed by atoms with Crippen molar-refractivity contribution >= 4 is 46.8 Å². The quantitative estimate of drug-likeness (QED) is 0.743. The van der Waals surface area contributed by atoms with Gasteiger partial charge in [-0.05, 0) is 61.4 Å². The second-order valence-electron chi connectivity index (χ2n) is 5.78. The second kappa shape index (κ2) is 7.81. The lowest BCUT2D eigenvalue weighted by Crippen LogP contribution is -2.26. The van der Waals surface area contributed by atoms with E-state index in [9.17, 15) is 4.79 Å². The summed E-state index contributed by atoms with van der Waals surface area (Å²) < 4.78 is 0. The molecular formula is C19H21NOS3. The van der Waals surface area contributed by atoms with Gasteiger partial charge in [-0.1, -0.05) is 12.1 Å². The lowest BCUT2D eigenvalue weighted by Gasteiger charge is -2.14. The Balaban J connectivity index is 1.57. The Labute approximate surface area is 156 Å². The van der Waals surface area contributed by atoms with Gasteiger partial charge < -0.3 is 5.32 Å². The van der Waals surface area contributed by atoms with Crippen LogP contribution in [0.5, 0.6) is 0 Å². The molecule has 1 aromatic carbocycles. The number of thioether (sulfide) groups is 2. The van der Waals surface area contributed by atoms with E-state index in [1.807, 2.05) is 0 Å². The van der Waals surface area contributed by atoms with Crippen molar-refractivity contribution in [2.45, 2.75) is 30.9 Å². The van der Waals surface area contributed by atoms with Crippen molar-refractivity contribution in [3.8, 4) is 0 Å². The maximum absolute atomic E-state index is 12.4. The number of aryl methyl sites for hydroxylation is 1. The predicted octanol–water partition coefficient (Wildman–Crippen LogP) is 5.03. The molecule has 0 bridgehead atoms. The molecule has 0 spiro atoms. The molecule has 0 fully saturated rings. The Morgan fingerprint density at radius 1 is 1.25 bits per heavy atom. The van der Waals surface area contributed by atoms with E-state index in [2.05, 4.69) is 55.8 Å². The van der Waals surface area contributed by atoms with E-state index in [4.69, 9.17) is 0 Å². The molecule has 1 N–H and O–H groups in total. The smallest absolute Gasteiger partial charge is 0.257 e. The molecule has 5 heteroatoms. The molecule has 0 unspecified atom stereocenters. The van der Waals surface area contributed by atoms with Gasteiger partial charge in [-0.2, -0.15) is 0 Å². The van der Waals surface area contributed by atoms with Crippen molar-refractivity contribution in [1.82, 2.24) is 5.32 Å². The minimum absolute atomic E-state index is 0.0510. The van der Waals surface area contributed by atoms with Gasteiger partial charge in [-0.15, -0.1) is 34.9 Å². The van der Waals surface area contributed by atoms with Gasteiger partial charge in [0.2, 0.25) is 0 Å². The molecule has 2 nitrogen and oxygen atoms in total. The number of hydrogen-bond donors (Lipinski definition) is 1. The van der Waals surface area contributed by atoms with Crippen molar-refractivity contribution < 1.29 is 4.79 Å². The monoisotopic (exact) mass is 375 g/mol. The molecular weight excluding hydrogens is 354 g/mol. The fourth-order valence-corrected chi connectivity index (χ4v) is 5.42. The van der Waals surface area contributed by atoms with Crippen LogP contribution < -0.4 is 5.32 Å². The van der Waals surface area contributed by atoms with Crippen molar-refractivity contribution in [2.24, 2.45) is 0 Å². The zero-order valence-electron chi connectivity index (χ0n) is 14.1. The van der Waals surface area contributed by atoms with Crippen LogP contribution >= 0.6 is 34.9 Å². The number of nitrogens with one attached hydrogen (secondary N) is 1. The maximum Gasteiger partial charge on any atom is 0.257 e. The van der Waals surface area contributed by atoms with E-state index in [1.54, 1.807) is 34.9 Å². The molecule has 126 valence electrons. The largest absolute Gasteiger partial charge is 0.351 e. The number of rotatable bonds is 5. The highest BCUT2D eigenvalue weighted by molar-refractivity contribution is 8.03. The number of thiophene rings is 1. The molecule has 1 aliphatic rings. The average Bonchev–Trinajstić information content (AvgIpc) is 2.89. The number of amides is 1. The third kappa shape index (κ3) is 3.90. The third-order valence-electron chi connectivity index (χ3n) is 4.26. The molecule has 2 heterocycles. The fraction of sp³-hybridized carbons (Fsp3) is 0.316. The minimum Gasteiger partial charge on any atom is -0.351 e. The Bertz CT molecular complexity index is 775. The van der Waals surface area contributed by atoms with E-state index < -0.39 is 0 Å². The minimum atomic E-state index is 0.0510. The second-order valence-corrected chi connectivity index (χ2v) is 8.93. The summed E-state index contributed by atoms with van der Waals surface area (Å²) in [7, 11) is 0. The van der Waals surface area contributed by atoms with Crippen LogP contribution in [0, 0.1) is 13.8 Å². The van der Waals surface area contributed by atoms with Crippen molar-refractivity contribution in [3.63, 3.8) is 0 Å². The van der Waals surface area contributed by atoms with E-state index in [-0.39, 0.29) is 5.91 Å². The van der Waals surface area contributed by atoms with Crippen LogP contribution in [0.15, 0.2) is 34.1 Å². The van der Waals surface area contributed by atoms with Crippen LogP contribution in [-0.4, -0.2) is 18.7 Å². The first kappa shape index (κ1) is 17.6. The van der Waals surface area contributed by atoms with Crippen LogP contribution in [0.4, 0.5) is 0 Å². The van der Waals surface area contributed by atoms with Gasteiger partial charge in [0.05, 0.1) is 4.91 Å². The van der Waals surface area contributed by atoms with Crippen LogP contribution in [0.2, 0.25) is 0 Å². The van der Waals surface area contributed by atoms with Gasteiger partial charge >= 0.3 is 0 Å². The number of benzene rings is 1. The van der Waals surface area contributed by atoms with E-state index in [0.29, 0.717) is 6.54 Å². The molecule has 0 radical (unpaired) electrons. The molecule has 1 amide bonds. The van der Waals surface area contributed by atoms with Gasteiger partial charge in [-0.3, -0.25) is 4.79 Å². The van der Waals surface area contributed by atoms with Gasteiger partial charge in [0.1, 0.15) is 0 Å². The van der Waals surface area contributed by atoms with Crippen LogP contribution in [0.1, 0.15) is 26.4 Å². The third-order valence-corrected chi connectivity index (χ3v) is 7.24. The molecule has 0 saturated carbocycles. The normalized spacial score (nSPS) is 13.4. The zero-order chi connectivity index (χ0) is 17.1. The number of hydrogen-bond acceptors (Lipinski definition) is 4. The molecule has 0 atom stereocenters. The fourth-order valence-electron chi connectivity index (χ4n) is 2.64. The van der Waals surface area contributed by atoms with Crippen LogP contribution in [0.25, 0.3) is 6.08 Å². The van der Waals surface area contributed by atoms with Crippen molar-refractivity contribution in [2.75, 3.05) is 12.8 Å². The molecule has 0 aliphatic carbocycles. The average molecular weight is 376 g/mol. The molecule has 24 heavy (non-hydrogen) atoms. The Morgan fingerprint density at radius 3 is 2.71 bits per heavy atom. The van der Waals surface area contributed by atoms with Gasteiger partial charge in [-0.25, -0.2) is 0 Å². The molecule has 3 rings (SSSR count). The molecule has 2 aromatic rings. The molecule has 1 aliphatic heterocycles. The molecule has 1 aromatic heterocycles. The van der Waals surface area contributed by atoms with Gasteiger partial charge in [0.25, 0.3) is 5.91 Å². The lowest BCUT2D eigenvalue weighted by molar-refractivity contribution is -0.116. The maximum atomic E-state index is 12.4. The summed E-state index contributed by atoms with van der Waals surface area (Å²) in [5, 5.41) is 3.05. The van der Waals surface area contributed by atoms with Crippen molar-refractivity contribution in [3.05, 3.63) is 55.6 Å².